The number of anilines is 2. The normalized spacial score (nSPS) is 17.9. The summed E-state index contributed by atoms with van der Waals surface area (Å²) in [4.78, 5) is 27.1. The maximum Gasteiger partial charge on any atom is 0.230 e. The number of fused-ring (bicyclic) bond motifs is 1. The second-order valence-corrected chi connectivity index (χ2v) is 11.3. The number of aryl methyl sites for hydroxylation is 3. The van der Waals surface area contributed by atoms with Crippen LogP contribution in [-0.2, 0) is 25.8 Å². The average Bonchev–Trinajstić information content (AvgIpc) is 3.50. The van der Waals surface area contributed by atoms with Crippen LogP contribution < -0.4 is 10.2 Å². The lowest BCUT2D eigenvalue weighted by Crippen LogP contribution is -2.36. The molecule has 0 radical (unpaired) electrons. The summed E-state index contributed by atoms with van der Waals surface area (Å²) in [6.07, 6.45) is 2.40. The molecule has 1 atom stereocenters. The van der Waals surface area contributed by atoms with E-state index in [1.165, 1.54) is 0 Å². The van der Waals surface area contributed by atoms with Gasteiger partial charge in [-0.25, -0.2) is 8.42 Å². The molecule has 2 aromatic carbocycles. The number of nitrogens with zero attached hydrogens (tertiary/aromatic N) is 1. The Labute approximate surface area is 189 Å². The van der Waals surface area contributed by atoms with E-state index in [0.717, 1.165) is 46.5 Å². The molecule has 0 saturated heterocycles. The van der Waals surface area contributed by atoms with Crippen LogP contribution in [0.25, 0.3) is 0 Å². The molecular formula is C25H30N2O4S. The van der Waals surface area contributed by atoms with Crippen molar-refractivity contribution in [1.29, 1.82) is 0 Å². The molecule has 2 amide bonds. The molecule has 170 valence electrons. The third-order valence-corrected chi connectivity index (χ3v) is 8.04. The molecule has 4 rings (SSSR count). The minimum absolute atomic E-state index is 0.0304. The highest BCUT2D eigenvalue weighted by Gasteiger charge is 2.39. The highest BCUT2D eigenvalue weighted by atomic mass is 32.2. The molecule has 1 N–H and O–H groups in total. The van der Waals surface area contributed by atoms with Crippen molar-refractivity contribution >= 4 is 33.0 Å². The van der Waals surface area contributed by atoms with Crippen LogP contribution in [0.4, 0.5) is 11.4 Å². The van der Waals surface area contributed by atoms with E-state index in [1.54, 1.807) is 18.2 Å². The Hall–Kier alpha value is -2.67. The fraction of sp³-hybridized carbons (Fsp3) is 0.440. The fourth-order valence-electron chi connectivity index (χ4n) is 4.59. The number of carbonyl (C=O) groups excluding carboxylic acids is 2. The molecular weight excluding hydrogens is 424 g/mol. The third kappa shape index (κ3) is 4.44. The Kier molecular flexibility index (Phi) is 5.88. The molecule has 6 nitrogen and oxygen atoms in total. The van der Waals surface area contributed by atoms with Crippen LogP contribution in [0, 0.1) is 26.7 Å². The molecule has 1 saturated carbocycles. The summed E-state index contributed by atoms with van der Waals surface area (Å²) in [7, 11) is -3.62. The summed E-state index contributed by atoms with van der Waals surface area (Å²) in [5.74, 6) is -0.321. The highest BCUT2D eigenvalue weighted by molar-refractivity contribution is 7.91. The zero-order valence-corrected chi connectivity index (χ0v) is 19.9. The first-order valence-corrected chi connectivity index (χ1v) is 12.8. The zero-order valence-electron chi connectivity index (χ0n) is 19.1. The van der Waals surface area contributed by atoms with Gasteiger partial charge in [-0.3, -0.25) is 9.59 Å². The van der Waals surface area contributed by atoms with E-state index in [4.69, 9.17) is 0 Å². The Bertz CT molecular complexity index is 1180. The first kappa shape index (κ1) is 22.5. The van der Waals surface area contributed by atoms with Gasteiger partial charge in [0, 0.05) is 29.8 Å². The Morgan fingerprint density at radius 3 is 2.34 bits per heavy atom. The second kappa shape index (κ2) is 8.35. The van der Waals surface area contributed by atoms with Crippen LogP contribution in [0.2, 0.25) is 0 Å². The Morgan fingerprint density at radius 2 is 1.72 bits per heavy atom. The second-order valence-electron chi connectivity index (χ2n) is 9.22. The van der Waals surface area contributed by atoms with E-state index in [9.17, 15) is 18.0 Å². The van der Waals surface area contributed by atoms with Crippen LogP contribution in [0.1, 0.15) is 48.4 Å². The van der Waals surface area contributed by atoms with Gasteiger partial charge in [-0.15, -0.1) is 0 Å². The van der Waals surface area contributed by atoms with Gasteiger partial charge in [-0.05, 0) is 81.8 Å². The molecule has 1 fully saturated rings. The number of carbonyl (C=O) groups is 2. The van der Waals surface area contributed by atoms with E-state index in [2.05, 4.69) is 5.32 Å². The van der Waals surface area contributed by atoms with E-state index < -0.39 is 9.84 Å². The minimum atomic E-state index is -3.62. The lowest BCUT2D eigenvalue weighted by molar-refractivity contribution is -0.120. The van der Waals surface area contributed by atoms with Crippen molar-refractivity contribution in [1.82, 2.24) is 0 Å². The summed E-state index contributed by atoms with van der Waals surface area (Å²) in [5.41, 5.74) is 5.46. The van der Waals surface area contributed by atoms with E-state index >= 15 is 0 Å². The quantitative estimate of drug-likeness (QED) is 0.712. The van der Waals surface area contributed by atoms with Gasteiger partial charge in [-0.1, -0.05) is 17.7 Å². The molecule has 7 heteroatoms. The van der Waals surface area contributed by atoms with Crippen LogP contribution in [0.3, 0.4) is 0 Å². The van der Waals surface area contributed by atoms with Crippen molar-refractivity contribution < 1.29 is 18.0 Å². The fourth-order valence-corrected chi connectivity index (χ4v) is 5.87. The first-order valence-electron chi connectivity index (χ1n) is 11.1. The van der Waals surface area contributed by atoms with Crippen LogP contribution in [-0.4, -0.2) is 32.0 Å². The molecule has 0 spiro atoms. The van der Waals surface area contributed by atoms with Gasteiger partial charge in [0.2, 0.25) is 11.8 Å². The van der Waals surface area contributed by atoms with Crippen LogP contribution in [0.15, 0.2) is 35.2 Å². The monoisotopic (exact) mass is 454 g/mol. The van der Waals surface area contributed by atoms with Gasteiger partial charge in [-0.2, -0.15) is 0 Å². The molecule has 2 aliphatic rings. The zero-order chi connectivity index (χ0) is 23.2. The predicted octanol–water partition coefficient (Wildman–Crippen LogP) is 4.10. The number of amides is 2. The average molecular weight is 455 g/mol. The number of sulfone groups is 1. The molecule has 0 aromatic heterocycles. The number of nitrogens with one attached hydrogen (secondary N) is 1. The van der Waals surface area contributed by atoms with E-state index in [-0.39, 0.29) is 40.8 Å². The topological polar surface area (TPSA) is 83.6 Å². The van der Waals surface area contributed by atoms with Gasteiger partial charge in [0.25, 0.3) is 0 Å². The summed E-state index contributed by atoms with van der Waals surface area (Å²) < 4.78 is 25.8. The standard InChI is InChI=1S/C25H30N2O4S/c1-15-11-16(2)24(17(3)12-15)26-23(28)9-10-32(30,31)21-7-8-22-20(14-21)13-18(4)27(22)25(29)19-5-6-19/h7-8,11-12,14,18-19H,5-6,9-10,13H2,1-4H3,(H,26,28)/t18-/m0/s1. The van der Waals surface area contributed by atoms with Crippen molar-refractivity contribution in [2.24, 2.45) is 5.92 Å². The lowest BCUT2D eigenvalue weighted by atomic mass is 10.1. The summed E-state index contributed by atoms with van der Waals surface area (Å²) in [6, 6.07) is 8.98. The maximum atomic E-state index is 12.9. The summed E-state index contributed by atoms with van der Waals surface area (Å²) >= 11 is 0. The van der Waals surface area contributed by atoms with Crippen molar-refractivity contribution in [3.63, 3.8) is 0 Å². The summed E-state index contributed by atoms with van der Waals surface area (Å²) in [5, 5.41) is 2.86. The molecule has 1 aliphatic heterocycles. The number of hydrogen-bond donors (Lipinski definition) is 1. The Balaban J connectivity index is 1.45. The summed E-state index contributed by atoms with van der Waals surface area (Å²) in [6.45, 7) is 7.84. The van der Waals surface area contributed by atoms with Gasteiger partial charge in [0.15, 0.2) is 9.84 Å². The van der Waals surface area contributed by atoms with Crippen LogP contribution >= 0.6 is 0 Å². The van der Waals surface area contributed by atoms with E-state index in [1.807, 2.05) is 44.7 Å². The Morgan fingerprint density at radius 1 is 1.06 bits per heavy atom. The number of benzene rings is 2. The number of rotatable bonds is 6. The molecule has 1 aliphatic carbocycles. The van der Waals surface area contributed by atoms with Crippen molar-refractivity contribution in [2.45, 2.75) is 64.3 Å². The van der Waals surface area contributed by atoms with Crippen molar-refractivity contribution in [3.8, 4) is 0 Å². The molecule has 0 bridgehead atoms. The molecule has 2 aromatic rings. The van der Waals surface area contributed by atoms with Gasteiger partial charge in [0.1, 0.15) is 0 Å². The highest BCUT2D eigenvalue weighted by Crippen LogP contribution is 2.39. The lowest BCUT2D eigenvalue weighted by Gasteiger charge is -2.22. The van der Waals surface area contributed by atoms with Crippen molar-refractivity contribution in [2.75, 3.05) is 16.0 Å². The minimum Gasteiger partial charge on any atom is -0.326 e. The predicted molar refractivity (Wildman–Crippen MR) is 126 cm³/mol. The van der Waals surface area contributed by atoms with Gasteiger partial charge in [0.05, 0.1) is 10.6 Å². The molecule has 0 unspecified atom stereocenters. The number of hydrogen-bond acceptors (Lipinski definition) is 4. The molecule has 1 heterocycles. The molecule has 32 heavy (non-hydrogen) atoms. The SMILES string of the molecule is Cc1cc(C)c(NC(=O)CCS(=O)(=O)c2ccc3c(c2)C[C@H](C)N3C(=O)C2CC2)c(C)c1. The smallest absolute Gasteiger partial charge is 0.230 e. The largest absolute Gasteiger partial charge is 0.326 e. The first-order chi connectivity index (χ1) is 15.1. The van der Waals surface area contributed by atoms with Gasteiger partial charge < -0.3 is 10.2 Å². The van der Waals surface area contributed by atoms with Gasteiger partial charge >= 0.3 is 0 Å². The van der Waals surface area contributed by atoms with E-state index in [0.29, 0.717) is 6.42 Å². The third-order valence-electron chi connectivity index (χ3n) is 6.33. The van der Waals surface area contributed by atoms with Crippen LogP contribution in [0.5, 0.6) is 0 Å². The van der Waals surface area contributed by atoms with Crippen molar-refractivity contribution in [3.05, 3.63) is 52.6 Å². The maximum absolute atomic E-state index is 12.9.